The number of halogens is 1. The maximum absolute atomic E-state index is 11.7. The minimum absolute atomic E-state index is 0.144. The first kappa shape index (κ1) is 13.9. The van der Waals surface area contributed by atoms with Crippen LogP contribution < -0.4 is 16.2 Å². The number of hydrazine groups is 1. The average Bonchev–Trinajstić information content (AvgIpc) is 2.70. The van der Waals surface area contributed by atoms with Gasteiger partial charge in [-0.15, -0.1) is 0 Å². The fourth-order valence-corrected chi connectivity index (χ4v) is 1.48. The lowest BCUT2D eigenvalue weighted by Crippen LogP contribution is -2.47. The second-order valence-corrected chi connectivity index (χ2v) is 4.80. The Balaban J connectivity index is 2.39. The van der Waals surface area contributed by atoms with Crippen LogP contribution in [0.3, 0.4) is 0 Å². The molecule has 0 spiro atoms. The van der Waals surface area contributed by atoms with Gasteiger partial charge in [-0.05, 0) is 28.1 Å². The number of nitrogens with zero attached hydrogens (tertiary/aromatic N) is 2. The van der Waals surface area contributed by atoms with Crippen LogP contribution in [-0.2, 0) is 11.3 Å². The van der Waals surface area contributed by atoms with Crippen molar-refractivity contribution < 1.29 is 4.79 Å². The quantitative estimate of drug-likeness (QED) is 0.556. The van der Waals surface area contributed by atoms with Crippen molar-refractivity contribution in [3.05, 3.63) is 16.9 Å². The Morgan fingerprint density at radius 1 is 1.65 bits per heavy atom. The van der Waals surface area contributed by atoms with E-state index in [1.807, 2.05) is 13.1 Å². The Morgan fingerprint density at radius 3 is 2.88 bits per heavy atom. The Kier molecular flexibility index (Phi) is 5.36. The van der Waals surface area contributed by atoms with E-state index in [4.69, 9.17) is 12.2 Å². The van der Waals surface area contributed by atoms with Crippen LogP contribution in [0.15, 0.2) is 16.9 Å². The highest BCUT2D eigenvalue weighted by Gasteiger charge is 2.13. The molecule has 0 fully saturated rings. The van der Waals surface area contributed by atoms with Crippen molar-refractivity contribution in [2.45, 2.75) is 13.5 Å². The molecule has 0 aliphatic rings. The van der Waals surface area contributed by atoms with Crippen molar-refractivity contribution >= 4 is 39.2 Å². The molecule has 1 atom stereocenters. The van der Waals surface area contributed by atoms with E-state index in [9.17, 15) is 4.79 Å². The Labute approximate surface area is 113 Å². The summed E-state index contributed by atoms with van der Waals surface area (Å²) < 4.78 is 2.59. The summed E-state index contributed by atoms with van der Waals surface area (Å²) in [6.45, 7) is 2.32. The van der Waals surface area contributed by atoms with Gasteiger partial charge in [0.1, 0.15) is 0 Å². The highest BCUT2D eigenvalue weighted by Crippen LogP contribution is 2.08. The van der Waals surface area contributed by atoms with Crippen LogP contribution in [0, 0.1) is 5.92 Å². The van der Waals surface area contributed by atoms with Crippen LogP contribution in [0.1, 0.15) is 6.92 Å². The van der Waals surface area contributed by atoms with Crippen LogP contribution in [0.2, 0.25) is 0 Å². The maximum Gasteiger partial charge on any atom is 0.243 e. The maximum atomic E-state index is 11.7. The number of nitrogens with one attached hydrogen (secondary N) is 3. The lowest BCUT2D eigenvalue weighted by atomic mass is 10.2. The molecule has 0 radical (unpaired) electrons. The third kappa shape index (κ3) is 4.70. The zero-order valence-corrected chi connectivity index (χ0v) is 11.9. The first-order valence-electron chi connectivity index (χ1n) is 4.98. The lowest BCUT2D eigenvalue weighted by Gasteiger charge is -2.13. The number of carbonyl (C=O) groups excluding carboxylic acids is 1. The smallest absolute Gasteiger partial charge is 0.243 e. The number of carbonyl (C=O) groups is 1. The van der Waals surface area contributed by atoms with Crippen molar-refractivity contribution in [2.75, 3.05) is 7.05 Å². The first-order valence-corrected chi connectivity index (χ1v) is 6.18. The predicted octanol–water partition coefficient (Wildman–Crippen LogP) is 0.407. The lowest BCUT2D eigenvalue weighted by molar-refractivity contribution is -0.125. The Hall–Kier alpha value is -1.15. The zero-order chi connectivity index (χ0) is 12.8. The third-order valence-corrected chi connectivity index (χ3v) is 2.75. The zero-order valence-electron chi connectivity index (χ0n) is 9.53. The van der Waals surface area contributed by atoms with Gasteiger partial charge in [0, 0.05) is 13.2 Å². The Morgan fingerprint density at radius 2 is 2.35 bits per heavy atom. The van der Waals surface area contributed by atoms with Gasteiger partial charge in [-0.2, -0.15) is 5.10 Å². The highest BCUT2D eigenvalue weighted by molar-refractivity contribution is 9.10. The summed E-state index contributed by atoms with van der Waals surface area (Å²) in [4.78, 5) is 11.7. The molecule has 0 unspecified atom stereocenters. The van der Waals surface area contributed by atoms with Crippen LogP contribution in [0.5, 0.6) is 0 Å². The minimum Gasteiger partial charge on any atom is -0.364 e. The summed E-state index contributed by atoms with van der Waals surface area (Å²) in [5.41, 5.74) is 5.10. The molecule has 0 saturated heterocycles. The monoisotopic (exact) mass is 319 g/mol. The van der Waals surface area contributed by atoms with Gasteiger partial charge in [0.2, 0.25) is 5.91 Å². The van der Waals surface area contributed by atoms with Gasteiger partial charge < -0.3 is 5.32 Å². The van der Waals surface area contributed by atoms with E-state index < -0.39 is 0 Å². The van der Waals surface area contributed by atoms with Crippen LogP contribution >= 0.6 is 28.1 Å². The molecule has 1 amide bonds. The third-order valence-electron chi connectivity index (χ3n) is 2.04. The van der Waals surface area contributed by atoms with Crippen LogP contribution in [-0.4, -0.2) is 27.8 Å². The fraction of sp³-hybridized carbons (Fsp3) is 0.444. The van der Waals surface area contributed by atoms with Crippen molar-refractivity contribution in [2.24, 2.45) is 5.92 Å². The molecule has 1 rings (SSSR count). The van der Waals surface area contributed by atoms with Crippen molar-refractivity contribution in [1.82, 2.24) is 25.9 Å². The number of amides is 1. The van der Waals surface area contributed by atoms with Gasteiger partial charge in [0.05, 0.1) is 23.1 Å². The first-order chi connectivity index (χ1) is 8.02. The normalized spacial score (nSPS) is 11.7. The summed E-state index contributed by atoms with van der Waals surface area (Å²) in [6, 6.07) is 0. The van der Waals surface area contributed by atoms with Crippen molar-refractivity contribution in [3.63, 3.8) is 0 Å². The van der Waals surface area contributed by atoms with E-state index in [2.05, 4.69) is 37.2 Å². The van der Waals surface area contributed by atoms with Gasteiger partial charge in [-0.3, -0.25) is 20.3 Å². The fourth-order valence-electron chi connectivity index (χ4n) is 1.11. The summed E-state index contributed by atoms with van der Waals surface area (Å²) in [6.07, 6.45) is 3.49. The molecule has 1 aromatic rings. The van der Waals surface area contributed by atoms with Crippen LogP contribution in [0.25, 0.3) is 0 Å². The largest absolute Gasteiger partial charge is 0.364 e. The topological polar surface area (TPSA) is 71.0 Å². The van der Waals surface area contributed by atoms with E-state index in [1.165, 1.54) is 0 Å². The highest BCUT2D eigenvalue weighted by atomic mass is 79.9. The van der Waals surface area contributed by atoms with Crippen molar-refractivity contribution in [3.8, 4) is 0 Å². The molecule has 0 bridgehead atoms. The molecule has 0 aromatic carbocycles. The second-order valence-electron chi connectivity index (χ2n) is 3.48. The molecule has 0 saturated carbocycles. The van der Waals surface area contributed by atoms with Crippen molar-refractivity contribution in [1.29, 1.82) is 0 Å². The van der Waals surface area contributed by atoms with E-state index in [1.54, 1.807) is 17.9 Å². The molecule has 1 heterocycles. The van der Waals surface area contributed by atoms with Gasteiger partial charge in [-0.25, -0.2) is 0 Å². The molecular formula is C9H14BrN5OS. The molecule has 94 valence electrons. The number of hydrogen-bond acceptors (Lipinski definition) is 3. The predicted molar refractivity (Wildman–Crippen MR) is 72.0 cm³/mol. The Bertz CT molecular complexity index is 408. The summed E-state index contributed by atoms with van der Waals surface area (Å²) in [7, 11) is 1.67. The molecule has 8 heteroatoms. The second kappa shape index (κ2) is 6.55. The summed E-state index contributed by atoms with van der Waals surface area (Å²) in [5, 5.41) is 7.14. The summed E-state index contributed by atoms with van der Waals surface area (Å²) in [5.74, 6) is -0.358. The van der Waals surface area contributed by atoms with Gasteiger partial charge in [0.15, 0.2) is 5.11 Å². The number of aromatic nitrogens is 2. The average molecular weight is 320 g/mol. The van der Waals surface area contributed by atoms with E-state index >= 15 is 0 Å². The molecule has 6 nitrogen and oxygen atoms in total. The summed E-state index contributed by atoms with van der Waals surface area (Å²) >= 11 is 8.13. The van der Waals surface area contributed by atoms with E-state index in [0.29, 0.717) is 11.7 Å². The molecule has 17 heavy (non-hydrogen) atoms. The number of rotatable bonds is 3. The van der Waals surface area contributed by atoms with E-state index in [-0.39, 0.29) is 11.8 Å². The number of thiocarbonyl (C=S) groups is 1. The van der Waals surface area contributed by atoms with E-state index in [0.717, 1.165) is 4.47 Å². The molecule has 0 aliphatic carbocycles. The van der Waals surface area contributed by atoms with Crippen LogP contribution in [0.4, 0.5) is 0 Å². The number of hydrogen-bond donors (Lipinski definition) is 3. The van der Waals surface area contributed by atoms with Gasteiger partial charge in [-0.1, -0.05) is 6.92 Å². The molecule has 3 N–H and O–H groups in total. The van der Waals surface area contributed by atoms with Gasteiger partial charge in [0.25, 0.3) is 0 Å². The van der Waals surface area contributed by atoms with Gasteiger partial charge >= 0.3 is 0 Å². The molecule has 0 aliphatic heterocycles. The minimum atomic E-state index is -0.214. The standard InChI is InChI=1S/C9H14BrN5OS/c1-6(4-15-5-7(10)3-12-15)8(16)13-14-9(17)11-2/h3,5-6H,4H2,1-2H3,(H,13,16)(H2,11,14,17)/t6-/m1/s1. The SMILES string of the molecule is CNC(=S)NNC(=O)[C@H](C)Cn1cc(Br)cn1. The molecular weight excluding hydrogens is 306 g/mol. The molecule has 1 aromatic heterocycles.